The Bertz CT molecular complexity index is 896. The highest BCUT2D eigenvalue weighted by molar-refractivity contribution is 7.99. The summed E-state index contributed by atoms with van der Waals surface area (Å²) in [6.07, 6.45) is 1.21. The lowest BCUT2D eigenvalue weighted by Gasteiger charge is -2.27. The minimum absolute atomic E-state index is 0.0399. The van der Waals surface area contributed by atoms with Gasteiger partial charge in [0.05, 0.1) is 5.88 Å². The molecule has 2 fully saturated rings. The van der Waals surface area contributed by atoms with Gasteiger partial charge >= 0.3 is 6.09 Å². The molecule has 2 aromatic carbocycles. The number of hydrogen-bond acceptors (Lipinski definition) is 4. The van der Waals surface area contributed by atoms with Gasteiger partial charge in [0.15, 0.2) is 0 Å². The zero-order valence-corrected chi connectivity index (χ0v) is 17.1. The lowest BCUT2D eigenvalue weighted by molar-refractivity contribution is -0.134. The molecule has 1 atom stereocenters. The zero-order chi connectivity index (χ0) is 19.8. The zero-order valence-electron chi connectivity index (χ0n) is 16.3. The molecule has 2 saturated heterocycles. The van der Waals surface area contributed by atoms with Crippen molar-refractivity contribution in [2.24, 2.45) is 0 Å². The summed E-state index contributed by atoms with van der Waals surface area (Å²) >= 11 is 1.76. The fraction of sp³-hybridized carbons (Fsp3) is 0.391. The normalized spacial score (nSPS) is 20.6. The molecule has 29 heavy (non-hydrogen) atoms. The van der Waals surface area contributed by atoms with Gasteiger partial charge in [0.1, 0.15) is 12.6 Å². The van der Waals surface area contributed by atoms with Gasteiger partial charge in [-0.1, -0.05) is 48.5 Å². The summed E-state index contributed by atoms with van der Waals surface area (Å²) in [5, 5.41) is 0. The van der Waals surface area contributed by atoms with Crippen LogP contribution in [0.4, 0.5) is 4.79 Å². The standard InChI is InChI=1S/C23H24N2O3S/c26-22(24-12-13-29-15-24)21-10-5-11-25(21)23(27)28-14-20-18-8-3-1-6-16(18)17-7-2-4-9-19(17)20/h1-4,6-9,20-21H,5,10-15H2. The van der Waals surface area contributed by atoms with E-state index in [0.29, 0.717) is 13.2 Å². The van der Waals surface area contributed by atoms with Gasteiger partial charge in [0.2, 0.25) is 5.91 Å². The minimum Gasteiger partial charge on any atom is -0.448 e. The molecule has 2 amide bonds. The van der Waals surface area contributed by atoms with E-state index in [1.807, 2.05) is 29.2 Å². The van der Waals surface area contributed by atoms with E-state index in [9.17, 15) is 9.59 Å². The molecule has 0 spiro atoms. The second-order valence-electron chi connectivity index (χ2n) is 7.79. The molecule has 2 aromatic rings. The van der Waals surface area contributed by atoms with Crippen molar-refractivity contribution in [1.29, 1.82) is 0 Å². The molecule has 1 unspecified atom stereocenters. The Morgan fingerprint density at radius 3 is 2.34 bits per heavy atom. The van der Waals surface area contributed by atoms with Crippen molar-refractivity contribution in [2.45, 2.75) is 24.8 Å². The molecule has 1 aliphatic carbocycles. The van der Waals surface area contributed by atoms with Crippen LogP contribution >= 0.6 is 11.8 Å². The molecule has 0 bridgehead atoms. The number of carbonyl (C=O) groups is 2. The SMILES string of the molecule is O=C(C1CCCN1C(=O)OCC1c2ccccc2-c2ccccc21)N1CCSC1. The number of fused-ring (bicyclic) bond motifs is 3. The smallest absolute Gasteiger partial charge is 0.410 e. The Kier molecular flexibility index (Phi) is 4.96. The van der Waals surface area contributed by atoms with E-state index in [0.717, 1.165) is 31.0 Å². The third kappa shape index (κ3) is 3.29. The van der Waals surface area contributed by atoms with Crippen molar-refractivity contribution in [2.75, 3.05) is 31.3 Å². The van der Waals surface area contributed by atoms with Gasteiger partial charge in [-0.2, -0.15) is 0 Å². The van der Waals surface area contributed by atoms with E-state index in [4.69, 9.17) is 4.74 Å². The van der Waals surface area contributed by atoms with E-state index in [-0.39, 0.29) is 24.0 Å². The fourth-order valence-corrected chi connectivity index (χ4v) is 5.67. The summed E-state index contributed by atoms with van der Waals surface area (Å²) in [7, 11) is 0. The van der Waals surface area contributed by atoms with Crippen LogP contribution in [0.25, 0.3) is 11.1 Å². The topological polar surface area (TPSA) is 49.9 Å². The van der Waals surface area contributed by atoms with Crippen molar-refractivity contribution >= 4 is 23.8 Å². The lowest BCUT2D eigenvalue weighted by atomic mass is 9.98. The van der Waals surface area contributed by atoms with Crippen molar-refractivity contribution in [1.82, 2.24) is 9.80 Å². The predicted molar refractivity (Wildman–Crippen MR) is 114 cm³/mol. The number of thioether (sulfide) groups is 1. The predicted octanol–water partition coefficient (Wildman–Crippen LogP) is 3.93. The van der Waals surface area contributed by atoms with Crippen LogP contribution in [-0.4, -0.2) is 59.2 Å². The minimum atomic E-state index is -0.371. The summed E-state index contributed by atoms with van der Waals surface area (Å²) in [6.45, 7) is 1.66. The highest BCUT2D eigenvalue weighted by Crippen LogP contribution is 2.44. The van der Waals surface area contributed by atoms with E-state index in [1.165, 1.54) is 22.3 Å². The molecule has 150 valence electrons. The molecule has 2 aliphatic heterocycles. The first-order chi connectivity index (χ1) is 14.2. The quantitative estimate of drug-likeness (QED) is 0.772. The summed E-state index contributed by atoms with van der Waals surface area (Å²) in [5.74, 6) is 1.82. The summed E-state index contributed by atoms with van der Waals surface area (Å²) in [4.78, 5) is 29.2. The molecule has 0 radical (unpaired) electrons. The number of hydrogen-bond donors (Lipinski definition) is 0. The number of nitrogens with zero attached hydrogens (tertiary/aromatic N) is 2. The van der Waals surface area contributed by atoms with E-state index >= 15 is 0 Å². The Balaban J connectivity index is 1.30. The maximum Gasteiger partial charge on any atom is 0.410 e. The number of rotatable bonds is 3. The van der Waals surface area contributed by atoms with Gasteiger partial charge in [-0.05, 0) is 35.1 Å². The van der Waals surface area contributed by atoms with Crippen molar-refractivity contribution in [3.8, 4) is 11.1 Å². The summed E-state index contributed by atoms with van der Waals surface area (Å²) in [6, 6.07) is 16.2. The van der Waals surface area contributed by atoms with Gasteiger partial charge in [-0.15, -0.1) is 11.8 Å². The second-order valence-corrected chi connectivity index (χ2v) is 8.87. The van der Waals surface area contributed by atoms with E-state index < -0.39 is 0 Å². The van der Waals surface area contributed by atoms with Crippen molar-refractivity contribution in [3.05, 3.63) is 59.7 Å². The Morgan fingerprint density at radius 1 is 1.00 bits per heavy atom. The third-order valence-corrected chi connectivity index (χ3v) is 7.14. The molecule has 0 saturated carbocycles. The first kappa shape index (κ1) is 18.6. The third-order valence-electron chi connectivity index (χ3n) is 6.17. The van der Waals surface area contributed by atoms with Gasteiger partial charge in [-0.25, -0.2) is 4.79 Å². The van der Waals surface area contributed by atoms with E-state index in [2.05, 4.69) is 24.3 Å². The van der Waals surface area contributed by atoms with Crippen LogP contribution in [0.1, 0.15) is 29.9 Å². The lowest BCUT2D eigenvalue weighted by Crippen LogP contribution is -2.47. The molecule has 5 rings (SSSR count). The molecular weight excluding hydrogens is 384 g/mol. The molecule has 5 nitrogen and oxygen atoms in total. The number of ether oxygens (including phenoxy) is 1. The van der Waals surface area contributed by atoms with Crippen LogP contribution in [0, 0.1) is 0 Å². The van der Waals surface area contributed by atoms with Crippen LogP contribution in [0.3, 0.4) is 0 Å². The number of carbonyl (C=O) groups excluding carboxylic acids is 2. The molecule has 3 aliphatic rings. The van der Waals surface area contributed by atoms with Gasteiger partial charge in [0.25, 0.3) is 0 Å². The molecule has 2 heterocycles. The largest absolute Gasteiger partial charge is 0.448 e. The average Bonchev–Trinajstić information content (AvgIpc) is 3.51. The number of benzene rings is 2. The van der Waals surface area contributed by atoms with E-state index in [1.54, 1.807) is 16.7 Å². The summed E-state index contributed by atoms with van der Waals surface area (Å²) in [5.41, 5.74) is 4.82. The second kappa shape index (κ2) is 7.75. The molecular formula is C23H24N2O3S. The monoisotopic (exact) mass is 408 g/mol. The average molecular weight is 409 g/mol. The maximum absolute atomic E-state index is 12.9. The highest BCUT2D eigenvalue weighted by atomic mass is 32.2. The van der Waals surface area contributed by atoms with Crippen molar-refractivity contribution < 1.29 is 14.3 Å². The van der Waals surface area contributed by atoms with Crippen LogP contribution < -0.4 is 0 Å². The number of likely N-dealkylation sites (tertiary alicyclic amines) is 1. The van der Waals surface area contributed by atoms with Crippen LogP contribution in [0.5, 0.6) is 0 Å². The van der Waals surface area contributed by atoms with Gasteiger partial charge < -0.3 is 9.64 Å². The molecule has 6 heteroatoms. The molecule has 0 N–H and O–H groups in total. The van der Waals surface area contributed by atoms with Crippen LogP contribution in [-0.2, 0) is 9.53 Å². The molecule has 0 aromatic heterocycles. The Morgan fingerprint density at radius 2 is 1.69 bits per heavy atom. The Hall–Kier alpha value is -2.47. The summed E-state index contributed by atoms with van der Waals surface area (Å²) < 4.78 is 5.78. The van der Waals surface area contributed by atoms with Crippen molar-refractivity contribution in [3.63, 3.8) is 0 Å². The Labute approximate surface area is 175 Å². The van der Waals surface area contributed by atoms with Gasteiger partial charge in [0, 0.05) is 24.8 Å². The van der Waals surface area contributed by atoms with Crippen LogP contribution in [0.2, 0.25) is 0 Å². The van der Waals surface area contributed by atoms with Crippen LogP contribution in [0.15, 0.2) is 48.5 Å². The highest BCUT2D eigenvalue weighted by Gasteiger charge is 2.39. The fourth-order valence-electron chi connectivity index (χ4n) is 4.72. The number of amides is 2. The van der Waals surface area contributed by atoms with Gasteiger partial charge in [-0.3, -0.25) is 9.69 Å². The first-order valence-electron chi connectivity index (χ1n) is 10.2. The maximum atomic E-state index is 12.9. The first-order valence-corrected chi connectivity index (χ1v) is 11.4.